The Kier molecular flexibility index (Phi) is 9.00. The van der Waals surface area contributed by atoms with Crippen molar-refractivity contribution in [2.45, 2.75) is 47.2 Å². The highest BCUT2D eigenvalue weighted by Crippen LogP contribution is 2.36. The number of nitrogens with zero attached hydrogens (tertiary/aromatic N) is 4. The molecule has 0 radical (unpaired) electrons. The van der Waals surface area contributed by atoms with Crippen LogP contribution in [0.15, 0.2) is 92.2 Å². The fourth-order valence-electron chi connectivity index (χ4n) is 4.34. The number of anilines is 1. The average molecular weight is 614 g/mol. The van der Waals surface area contributed by atoms with Crippen molar-refractivity contribution >= 4 is 74.3 Å². The van der Waals surface area contributed by atoms with Gasteiger partial charge >= 0.3 is 0 Å². The molecule has 0 saturated carbocycles. The third-order valence-electron chi connectivity index (χ3n) is 6.32. The normalized spacial score (nSPS) is 12.1. The van der Waals surface area contributed by atoms with Gasteiger partial charge in [0.25, 0.3) is 5.69 Å². The first kappa shape index (κ1) is 29.4. The van der Waals surface area contributed by atoms with Gasteiger partial charge in [0.15, 0.2) is 4.34 Å². The zero-order valence-electron chi connectivity index (χ0n) is 23.3. The second-order valence-electron chi connectivity index (χ2n) is 9.67. The Balaban J connectivity index is 1.28. The fraction of sp³-hybridized carbons (Fsp3) is 0.161. The topological polar surface area (TPSA) is 110 Å². The van der Waals surface area contributed by atoms with E-state index in [-0.39, 0.29) is 16.8 Å². The summed E-state index contributed by atoms with van der Waals surface area (Å²) in [6.45, 7) is 7.92. The van der Waals surface area contributed by atoms with Crippen molar-refractivity contribution in [3.63, 3.8) is 0 Å². The lowest BCUT2D eigenvalue weighted by Crippen LogP contribution is -2.23. The highest BCUT2D eigenvalue weighted by Gasteiger charge is 2.19. The van der Waals surface area contributed by atoms with Crippen LogP contribution in [0.3, 0.4) is 0 Å². The molecule has 3 aromatic carbocycles. The van der Waals surface area contributed by atoms with Crippen molar-refractivity contribution in [1.82, 2.24) is 9.97 Å². The number of nitrogens with one attached hydrogen (secondary N) is 1. The van der Waals surface area contributed by atoms with Crippen LogP contribution in [-0.4, -0.2) is 32.3 Å². The van der Waals surface area contributed by atoms with E-state index in [9.17, 15) is 14.9 Å². The minimum Gasteiger partial charge on any atom is -0.325 e. The smallest absolute Gasteiger partial charge is 0.283 e. The number of carbonyl (C=O) groups is 1. The summed E-state index contributed by atoms with van der Waals surface area (Å²) in [6, 6.07) is 20.3. The molecule has 0 fully saturated rings. The van der Waals surface area contributed by atoms with Gasteiger partial charge in [-0.2, -0.15) is 0 Å². The summed E-state index contributed by atoms with van der Waals surface area (Å²) in [4.78, 5) is 38.3. The van der Waals surface area contributed by atoms with Crippen LogP contribution < -0.4 is 5.32 Å². The van der Waals surface area contributed by atoms with E-state index in [2.05, 4.69) is 27.4 Å². The molecule has 0 aliphatic rings. The Morgan fingerprint density at radius 3 is 2.57 bits per heavy atom. The number of hydrogen-bond donors (Lipinski definition) is 1. The number of aromatic nitrogens is 2. The molecular weight excluding hydrogens is 587 g/mol. The zero-order chi connectivity index (χ0) is 29.8. The van der Waals surface area contributed by atoms with Gasteiger partial charge in [0.1, 0.15) is 5.03 Å². The Hall–Kier alpha value is -4.06. The van der Waals surface area contributed by atoms with Gasteiger partial charge in [0, 0.05) is 24.2 Å². The SMILES string of the molecule is Cc1cc(C)c(NC(=O)[C@H](C)Sc2nc3ccc(N=Cc4ccc(Sc5ccccn5)c([N+](=O)[O-])c4)cc3s2)c(C)c1. The predicted octanol–water partition coefficient (Wildman–Crippen LogP) is 8.55. The molecule has 0 saturated heterocycles. The van der Waals surface area contributed by atoms with Crippen molar-refractivity contribution in [1.29, 1.82) is 0 Å². The fourth-order valence-corrected chi connectivity index (χ4v) is 7.45. The van der Waals surface area contributed by atoms with Crippen LogP contribution >= 0.6 is 34.9 Å². The number of carbonyl (C=O) groups excluding carboxylic acids is 1. The molecule has 1 N–H and O–H groups in total. The molecule has 0 spiro atoms. The molecule has 0 bridgehead atoms. The largest absolute Gasteiger partial charge is 0.325 e. The molecule has 1 amide bonds. The van der Waals surface area contributed by atoms with Gasteiger partial charge in [-0.3, -0.25) is 19.9 Å². The number of thioether (sulfide) groups is 1. The van der Waals surface area contributed by atoms with E-state index in [0.717, 1.165) is 31.4 Å². The lowest BCUT2D eigenvalue weighted by atomic mass is 10.1. The number of hydrogen-bond acceptors (Lipinski definition) is 9. The van der Waals surface area contributed by atoms with Gasteiger partial charge < -0.3 is 5.32 Å². The van der Waals surface area contributed by atoms with Crippen molar-refractivity contribution in [2.75, 3.05) is 5.32 Å². The molecule has 5 aromatic rings. The minimum absolute atomic E-state index is 0.0000321. The van der Waals surface area contributed by atoms with E-state index in [1.807, 2.05) is 58.0 Å². The predicted molar refractivity (Wildman–Crippen MR) is 173 cm³/mol. The molecule has 11 heteroatoms. The van der Waals surface area contributed by atoms with Gasteiger partial charge in [-0.05, 0) is 80.8 Å². The number of benzene rings is 3. The molecule has 0 aliphatic heterocycles. The molecular formula is C31H27N5O3S3. The first-order valence-electron chi connectivity index (χ1n) is 13.0. The summed E-state index contributed by atoms with van der Waals surface area (Å²) in [5.74, 6) is -0.0712. The number of fused-ring (bicyclic) bond motifs is 1. The standard InChI is InChI=1S/C31H27N5O3S3/c1-18-13-19(2)29(20(3)14-18)35-30(37)21(4)40-31-34-24-10-9-23(16-27(24)42-31)33-17-22-8-11-26(25(15-22)36(38)39)41-28-7-5-6-12-32-28/h5-17,21H,1-4H3,(H,35,37)/t21-/m0/s1. The lowest BCUT2D eigenvalue weighted by molar-refractivity contribution is -0.387. The molecule has 0 aliphatic carbocycles. The summed E-state index contributed by atoms with van der Waals surface area (Å²) in [5.41, 5.74) is 6.25. The highest BCUT2D eigenvalue weighted by atomic mass is 32.2. The van der Waals surface area contributed by atoms with Gasteiger partial charge in [0.2, 0.25) is 5.91 Å². The monoisotopic (exact) mass is 613 g/mol. The molecule has 8 nitrogen and oxygen atoms in total. The maximum atomic E-state index is 13.0. The van der Waals surface area contributed by atoms with Crippen LogP contribution in [0.1, 0.15) is 29.2 Å². The molecule has 2 heterocycles. The van der Waals surface area contributed by atoms with E-state index >= 15 is 0 Å². The average Bonchev–Trinajstić information content (AvgIpc) is 3.36. The number of nitro groups is 1. The van der Waals surface area contributed by atoms with E-state index in [0.29, 0.717) is 21.2 Å². The van der Waals surface area contributed by atoms with Gasteiger partial charge in [-0.1, -0.05) is 53.4 Å². The molecule has 0 unspecified atom stereocenters. The summed E-state index contributed by atoms with van der Waals surface area (Å²) >= 11 is 4.17. The van der Waals surface area contributed by atoms with Gasteiger partial charge in [-0.15, -0.1) is 11.3 Å². The van der Waals surface area contributed by atoms with Crippen molar-refractivity contribution in [3.05, 3.63) is 105 Å². The van der Waals surface area contributed by atoms with Crippen LogP contribution in [0.2, 0.25) is 0 Å². The zero-order valence-corrected chi connectivity index (χ0v) is 25.8. The first-order chi connectivity index (χ1) is 20.2. The number of thiazole rings is 1. The third kappa shape index (κ3) is 7.04. The van der Waals surface area contributed by atoms with Crippen molar-refractivity contribution < 1.29 is 9.72 Å². The first-order valence-corrected chi connectivity index (χ1v) is 15.5. The van der Waals surface area contributed by atoms with E-state index in [4.69, 9.17) is 4.98 Å². The number of pyridine rings is 1. The summed E-state index contributed by atoms with van der Waals surface area (Å²) in [7, 11) is 0. The second kappa shape index (κ2) is 12.8. The van der Waals surface area contributed by atoms with Crippen LogP contribution in [0.5, 0.6) is 0 Å². The molecule has 42 heavy (non-hydrogen) atoms. The van der Waals surface area contributed by atoms with Crippen LogP contribution in [0.4, 0.5) is 17.1 Å². The van der Waals surface area contributed by atoms with E-state index in [1.165, 1.54) is 46.5 Å². The maximum Gasteiger partial charge on any atom is 0.283 e. The van der Waals surface area contributed by atoms with Crippen molar-refractivity contribution in [2.24, 2.45) is 4.99 Å². The second-order valence-corrected chi connectivity index (χ2v) is 13.3. The summed E-state index contributed by atoms with van der Waals surface area (Å²) in [5, 5.41) is 15.2. The molecule has 212 valence electrons. The van der Waals surface area contributed by atoms with Crippen molar-refractivity contribution in [3.8, 4) is 0 Å². The molecule has 1 atom stereocenters. The van der Waals surface area contributed by atoms with E-state index in [1.54, 1.807) is 30.6 Å². The summed E-state index contributed by atoms with van der Waals surface area (Å²) < 4.78 is 1.74. The van der Waals surface area contributed by atoms with Gasteiger partial charge in [-0.25, -0.2) is 9.97 Å². The Bertz CT molecular complexity index is 1800. The minimum atomic E-state index is -0.393. The number of aryl methyl sites for hydroxylation is 3. The Labute approximate surface area is 255 Å². The van der Waals surface area contributed by atoms with Crippen LogP contribution in [0.25, 0.3) is 10.2 Å². The number of nitro benzene ring substituents is 1. The highest BCUT2D eigenvalue weighted by molar-refractivity contribution is 8.02. The van der Waals surface area contributed by atoms with Crippen LogP contribution in [0, 0.1) is 30.9 Å². The quantitative estimate of drug-likeness (QED) is 0.0767. The van der Waals surface area contributed by atoms with E-state index < -0.39 is 4.92 Å². The molecule has 5 rings (SSSR count). The Morgan fingerprint density at radius 2 is 1.86 bits per heavy atom. The molecule has 2 aromatic heterocycles. The number of aliphatic imine (C=N–C) groups is 1. The lowest BCUT2D eigenvalue weighted by Gasteiger charge is -2.15. The number of amides is 1. The third-order valence-corrected chi connectivity index (χ3v) is 9.55. The summed E-state index contributed by atoms with van der Waals surface area (Å²) in [6.07, 6.45) is 3.27. The maximum absolute atomic E-state index is 13.0. The Morgan fingerprint density at radius 1 is 1.07 bits per heavy atom. The van der Waals surface area contributed by atoms with Gasteiger partial charge in [0.05, 0.1) is 31.0 Å². The number of rotatable bonds is 9. The van der Waals surface area contributed by atoms with Crippen LogP contribution in [-0.2, 0) is 4.79 Å².